The lowest BCUT2D eigenvalue weighted by Crippen LogP contribution is -1.93. The Morgan fingerprint density at radius 1 is 0.900 bits per heavy atom. The van der Waals surface area contributed by atoms with E-state index in [1.54, 1.807) is 22.7 Å². The molecule has 0 aliphatic rings. The maximum atomic E-state index is 10.7. The molecule has 152 valence electrons. The molecule has 1 nitrogen and oxygen atoms in total. The van der Waals surface area contributed by atoms with Gasteiger partial charge in [-0.1, -0.05) is 29.8 Å². The van der Waals surface area contributed by atoms with Crippen LogP contribution >= 0.6 is 77.2 Å². The van der Waals surface area contributed by atoms with Crippen molar-refractivity contribution in [3.63, 3.8) is 0 Å². The molecular weight excluding hydrogens is 580 g/mol. The van der Waals surface area contributed by atoms with Gasteiger partial charge in [0.25, 0.3) is 0 Å². The molecule has 0 aliphatic heterocycles. The fraction of sp³-hybridized carbons (Fsp3) is 0.130. The van der Waals surface area contributed by atoms with Crippen LogP contribution in [0.15, 0.2) is 62.9 Å². The predicted molar refractivity (Wildman–Crippen MR) is 141 cm³/mol. The summed E-state index contributed by atoms with van der Waals surface area (Å²) in [6.45, 7) is 2.12. The molecule has 5 rings (SSSR count). The van der Waals surface area contributed by atoms with Crippen LogP contribution in [-0.4, -0.2) is 5.11 Å². The molecular formula is C23H16Br2OS4. The van der Waals surface area contributed by atoms with Gasteiger partial charge in [0.1, 0.15) is 6.10 Å². The zero-order valence-electron chi connectivity index (χ0n) is 15.8. The lowest BCUT2D eigenvalue weighted by Gasteiger charge is -2.06. The predicted octanol–water partition coefficient (Wildman–Crippen LogP) is 9.26. The van der Waals surface area contributed by atoms with Crippen LogP contribution in [0.5, 0.6) is 0 Å². The van der Waals surface area contributed by atoms with Gasteiger partial charge < -0.3 is 5.11 Å². The average molecular weight is 596 g/mol. The summed E-state index contributed by atoms with van der Waals surface area (Å²) in [5.74, 6) is 0. The van der Waals surface area contributed by atoms with Crippen molar-refractivity contribution in [3.05, 3.63) is 87.9 Å². The van der Waals surface area contributed by atoms with Crippen molar-refractivity contribution in [2.45, 2.75) is 19.4 Å². The van der Waals surface area contributed by atoms with E-state index in [9.17, 15) is 5.11 Å². The highest BCUT2D eigenvalue weighted by Crippen LogP contribution is 2.42. The quantitative estimate of drug-likeness (QED) is 0.215. The van der Waals surface area contributed by atoms with Crippen LogP contribution < -0.4 is 0 Å². The van der Waals surface area contributed by atoms with Crippen molar-refractivity contribution in [2.75, 3.05) is 0 Å². The lowest BCUT2D eigenvalue weighted by molar-refractivity contribution is 0.227. The third-order valence-electron chi connectivity index (χ3n) is 4.87. The first-order chi connectivity index (χ1) is 14.5. The second-order valence-electron chi connectivity index (χ2n) is 7.05. The van der Waals surface area contributed by atoms with E-state index in [0.29, 0.717) is 0 Å². The van der Waals surface area contributed by atoms with Crippen molar-refractivity contribution in [1.82, 2.24) is 0 Å². The minimum Gasteiger partial charge on any atom is -0.382 e. The fourth-order valence-corrected chi connectivity index (χ4v) is 9.34. The number of aliphatic hydroxyl groups excluding tert-OH is 1. The Morgan fingerprint density at radius 2 is 1.67 bits per heavy atom. The van der Waals surface area contributed by atoms with E-state index in [4.69, 9.17) is 0 Å². The molecule has 1 unspecified atom stereocenters. The van der Waals surface area contributed by atoms with Gasteiger partial charge in [-0.25, -0.2) is 0 Å². The standard InChI is InChI=1S/C23H16Br2OS4/c1-12-2-4-13(5-3-12)17-10-16(25)18(29-17)8-14-9-19-20(28-14)11-21(30-19)22(26)23-15(24)6-7-27-23/h2-7,9-11,22,26H,8H2,1H3. The number of aryl methyl sites for hydroxylation is 1. The number of hydrogen-bond donors (Lipinski definition) is 1. The molecule has 0 bridgehead atoms. The van der Waals surface area contributed by atoms with Crippen molar-refractivity contribution in [3.8, 4) is 10.4 Å². The van der Waals surface area contributed by atoms with E-state index >= 15 is 0 Å². The first kappa shape index (κ1) is 21.1. The second-order valence-corrected chi connectivity index (χ2v) is 13.1. The molecule has 4 heterocycles. The molecule has 0 radical (unpaired) electrons. The normalized spacial score (nSPS) is 12.7. The van der Waals surface area contributed by atoms with Crippen LogP contribution in [-0.2, 0) is 6.42 Å². The summed E-state index contributed by atoms with van der Waals surface area (Å²) in [7, 11) is 0. The Balaban J connectivity index is 1.38. The topological polar surface area (TPSA) is 20.2 Å². The Labute approximate surface area is 207 Å². The summed E-state index contributed by atoms with van der Waals surface area (Å²) < 4.78 is 4.66. The summed E-state index contributed by atoms with van der Waals surface area (Å²) in [4.78, 5) is 5.97. The third-order valence-corrected chi connectivity index (χ3v) is 11.3. The van der Waals surface area contributed by atoms with Crippen LogP contribution in [0.3, 0.4) is 0 Å². The zero-order valence-corrected chi connectivity index (χ0v) is 22.3. The molecule has 1 aromatic carbocycles. The van der Waals surface area contributed by atoms with Crippen molar-refractivity contribution in [1.29, 1.82) is 0 Å². The summed E-state index contributed by atoms with van der Waals surface area (Å²) in [5.41, 5.74) is 2.55. The molecule has 0 saturated carbocycles. The summed E-state index contributed by atoms with van der Waals surface area (Å²) in [5, 5.41) is 12.7. The highest BCUT2D eigenvalue weighted by Gasteiger charge is 2.19. The largest absolute Gasteiger partial charge is 0.382 e. The minimum absolute atomic E-state index is 0.559. The fourth-order valence-electron chi connectivity index (χ4n) is 3.30. The van der Waals surface area contributed by atoms with Gasteiger partial charge >= 0.3 is 0 Å². The molecule has 1 N–H and O–H groups in total. The van der Waals surface area contributed by atoms with Gasteiger partial charge in [-0.2, -0.15) is 0 Å². The number of aliphatic hydroxyl groups is 1. The van der Waals surface area contributed by atoms with Crippen LogP contribution in [0, 0.1) is 6.92 Å². The molecule has 7 heteroatoms. The molecule has 30 heavy (non-hydrogen) atoms. The highest BCUT2D eigenvalue weighted by molar-refractivity contribution is 9.10. The summed E-state index contributed by atoms with van der Waals surface area (Å²) in [6, 6.07) is 17.4. The summed E-state index contributed by atoms with van der Waals surface area (Å²) >= 11 is 14.2. The first-order valence-electron chi connectivity index (χ1n) is 9.26. The average Bonchev–Trinajstić information content (AvgIpc) is 3.47. The van der Waals surface area contributed by atoms with E-state index in [2.05, 4.69) is 81.2 Å². The van der Waals surface area contributed by atoms with E-state index in [-0.39, 0.29) is 0 Å². The maximum Gasteiger partial charge on any atom is 0.123 e. The van der Waals surface area contributed by atoms with E-state index in [1.807, 2.05) is 34.1 Å². The molecule has 5 aromatic rings. The number of benzene rings is 1. The Bertz CT molecular complexity index is 1290. The first-order valence-corrected chi connectivity index (χ1v) is 14.2. The van der Waals surface area contributed by atoms with Gasteiger partial charge in [0.2, 0.25) is 0 Å². The number of fused-ring (bicyclic) bond motifs is 1. The smallest absolute Gasteiger partial charge is 0.123 e. The number of rotatable bonds is 5. The molecule has 0 aliphatic carbocycles. The molecule has 0 saturated heterocycles. The summed E-state index contributed by atoms with van der Waals surface area (Å²) in [6.07, 6.45) is 0.369. The number of thiophene rings is 4. The molecule has 1 atom stereocenters. The van der Waals surface area contributed by atoms with Gasteiger partial charge in [0.05, 0.1) is 4.88 Å². The lowest BCUT2D eigenvalue weighted by atomic mass is 10.1. The monoisotopic (exact) mass is 594 g/mol. The van der Waals surface area contributed by atoms with Gasteiger partial charge in [-0.3, -0.25) is 0 Å². The van der Waals surface area contributed by atoms with Crippen molar-refractivity contribution in [2.24, 2.45) is 0 Å². The second kappa shape index (κ2) is 8.62. The Morgan fingerprint density at radius 3 is 2.37 bits per heavy atom. The third kappa shape index (κ3) is 4.13. The SMILES string of the molecule is Cc1ccc(-c2cc(Br)c(Cc3cc4sc(C(O)c5sccc5Br)cc4s3)s2)cc1. The van der Waals surface area contributed by atoms with Crippen molar-refractivity contribution < 1.29 is 5.11 Å². The number of halogens is 2. The molecule has 0 fully saturated rings. The minimum atomic E-state index is -0.559. The zero-order chi connectivity index (χ0) is 20.8. The van der Waals surface area contributed by atoms with E-state index < -0.39 is 6.10 Å². The van der Waals surface area contributed by atoms with Gasteiger partial charge in [0.15, 0.2) is 0 Å². The molecule has 0 spiro atoms. The molecule has 0 amide bonds. The van der Waals surface area contributed by atoms with E-state index in [1.165, 1.54) is 39.6 Å². The Kier molecular flexibility index (Phi) is 6.05. The maximum absolute atomic E-state index is 10.7. The van der Waals surface area contributed by atoms with Crippen LogP contribution in [0.1, 0.15) is 31.2 Å². The Hall–Kier alpha value is -0.800. The van der Waals surface area contributed by atoms with Crippen molar-refractivity contribution >= 4 is 86.6 Å². The molecule has 4 aromatic heterocycles. The number of hydrogen-bond acceptors (Lipinski definition) is 5. The van der Waals surface area contributed by atoms with E-state index in [0.717, 1.165) is 20.6 Å². The van der Waals surface area contributed by atoms with Crippen LogP contribution in [0.25, 0.3) is 19.8 Å². The van der Waals surface area contributed by atoms with Crippen LogP contribution in [0.2, 0.25) is 0 Å². The van der Waals surface area contributed by atoms with Crippen LogP contribution in [0.4, 0.5) is 0 Å². The van der Waals surface area contributed by atoms with Gasteiger partial charge in [-0.05, 0) is 74.0 Å². The van der Waals surface area contributed by atoms with Gasteiger partial charge in [-0.15, -0.1) is 45.3 Å². The highest BCUT2D eigenvalue weighted by atomic mass is 79.9. The van der Waals surface area contributed by atoms with Gasteiger partial charge in [0, 0.05) is 44.3 Å².